The molecule has 3 aromatic rings. The predicted octanol–water partition coefficient (Wildman–Crippen LogP) is 4.63. The largest absolute Gasteiger partial charge is 0.399 e. The van der Waals surface area contributed by atoms with E-state index in [1.165, 1.54) is 37.8 Å². The molecular formula is C20H25N7. The highest BCUT2D eigenvalue weighted by molar-refractivity contribution is 5.60. The van der Waals surface area contributed by atoms with E-state index in [4.69, 9.17) is 5.73 Å². The van der Waals surface area contributed by atoms with Gasteiger partial charge in [0.2, 0.25) is 5.95 Å². The third-order valence-corrected chi connectivity index (χ3v) is 4.92. The summed E-state index contributed by atoms with van der Waals surface area (Å²) in [4.78, 5) is 9.00. The summed E-state index contributed by atoms with van der Waals surface area (Å²) in [6.07, 6.45) is 6.43. The van der Waals surface area contributed by atoms with Crippen LogP contribution in [0.15, 0.2) is 36.4 Å². The number of anilines is 5. The zero-order valence-corrected chi connectivity index (χ0v) is 15.5. The Morgan fingerprint density at radius 2 is 1.74 bits per heavy atom. The van der Waals surface area contributed by atoms with Crippen LogP contribution in [-0.2, 0) is 0 Å². The Balaban J connectivity index is 1.48. The van der Waals surface area contributed by atoms with Gasteiger partial charge in [0.25, 0.3) is 0 Å². The summed E-state index contributed by atoms with van der Waals surface area (Å²) in [7, 11) is 0. The molecule has 2 heterocycles. The quantitative estimate of drug-likeness (QED) is 0.493. The van der Waals surface area contributed by atoms with Crippen LogP contribution in [0.4, 0.5) is 29.0 Å². The molecule has 27 heavy (non-hydrogen) atoms. The lowest BCUT2D eigenvalue weighted by Crippen LogP contribution is -2.04. The number of aromatic amines is 1. The van der Waals surface area contributed by atoms with E-state index in [0.717, 1.165) is 22.9 Å². The van der Waals surface area contributed by atoms with Crippen LogP contribution >= 0.6 is 0 Å². The van der Waals surface area contributed by atoms with Crippen molar-refractivity contribution in [2.75, 3.05) is 16.4 Å². The van der Waals surface area contributed by atoms with E-state index in [2.05, 4.69) is 36.9 Å². The van der Waals surface area contributed by atoms with E-state index in [0.29, 0.717) is 17.7 Å². The van der Waals surface area contributed by atoms with Crippen molar-refractivity contribution >= 4 is 29.0 Å². The molecule has 0 amide bonds. The lowest BCUT2D eigenvalue weighted by Gasteiger charge is -2.19. The summed E-state index contributed by atoms with van der Waals surface area (Å²) in [6.45, 7) is 1.94. The first-order chi connectivity index (χ1) is 13.2. The number of aromatic nitrogens is 4. The maximum atomic E-state index is 5.73. The molecule has 0 atom stereocenters. The average molecular weight is 363 g/mol. The molecule has 0 spiro atoms. The molecule has 4 rings (SSSR count). The second-order valence-electron chi connectivity index (χ2n) is 7.13. The van der Waals surface area contributed by atoms with Crippen LogP contribution in [0.5, 0.6) is 0 Å². The minimum Gasteiger partial charge on any atom is -0.399 e. The third kappa shape index (κ3) is 4.36. The van der Waals surface area contributed by atoms with Gasteiger partial charge in [-0.1, -0.05) is 19.3 Å². The van der Waals surface area contributed by atoms with E-state index < -0.39 is 0 Å². The van der Waals surface area contributed by atoms with Crippen molar-refractivity contribution in [2.45, 2.75) is 44.9 Å². The fraction of sp³-hybridized carbons (Fsp3) is 0.350. The van der Waals surface area contributed by atoms with Crippen LogP contribution in [0.25, 0.3) is 0 Å². The molecule has 0 bridgehead atoms. The molecule has 0 radical (unpaired) electrons. The number of rotatable bonds is 5. The Labute approximate surface area is 158 Å². The zero-order chi connectivity index (χ0) is 18.6. The number of nitrogen functional groups attached to an aromatic ring is 1. The fourth-order valence-electron chi connectivity index (χ4n) is 3.54. The first kappa shape index (κ1) is 17.3. The van der Waals surface area contributed by atoms with Crippen molar-refractivity contribution in [1.29, 1.82) is 0 Å². The highest BCUT2D eigenvalue weighted by Crippen LogP contribution is 2.32. The highest BCUT2D eigenvalue weighted by atomic mass is 15.2. The Morgan fingerprint density at radius 3 is 2.52 bits per heavy atom. The van der Waals surface area contributed by atoms with Crippen molar-refractivity contribution < 1.29 is 0 Å². The standard InChI is InChI=1S/C20H25N7/c1-13-11-18(25-20(22-13)23-16-9-7-15(21)8-10-16)24-19-12-17(26-27-19)14-5-3-2-4-6-14/h7-12,14H,2-6,21H2,1H3,(H3,22,23,24,25,26,27). The van der Waals surface area contributed by atoms with Gasteiger partial charge in [0.05, 0.1) is 0 Å². The van der Waals surface area contributed by atoms with E-state index in [9.17, 15) is 0 Å². The van der Waals surface area contributed by atoms with E-state index in [1.807, 2.05) is 37.3 Å². The smallest absolute Gasteiger partial charge is 0.229 e. The van der Waals surface area contributed by atoms with Crippen LogP contribution in [-0.4, -0.2) is 20.2 Å². The second kappa shape index (κ2) is 7.65. The second-order valence-corrected chi connectivity index (χ2v) is 7.13. The van der Waals surface area contributed by atoms with Gasteiger partial charge >= 0.3 is 0 Å². The maximum Gasteiger partial charge on any atom is 0.229 e. The van der Waals surface area contributed by atoms with Crippen molar-refractivity contribution in [2.24, 2.45) is 0 Å². The molecule has 5 N–H and O–H groups in total. The number of hydrogen-bond acceptors (Lipinski definition) is 6. The van der Waals surface area contributed by atoms with Crippen LogP contribution in [0.1, 0.15) is 49.4 Å². The molecule has 0 aliphatic heterocycles. The summed E-state index contributed by atoms with van der Waals surface area (Å²) < 4.78 is 0. The molecule has 7 nitrogen and oxygen atoms in total. The summed E-state index contributed by atoms with van der Waals surface area (Å²) >= 11 is 0. The van der Waals surface area contributed by atoms with Crippen LogP contribution < -0.4 is 16.4 Å². The van der Waals surface area contributed by atoms with Gasteiger partial charge in [0, 0.05) is 40.8 Å². The third-order valence-electron chi connectivity index (χ3n) is 4.92. The maximum absolute atomic E-state index is 5.73. The number of nitrogens with two attached hydrogens (primary N) is 1. The van der Waals surface area contributed by atoms with Crippen LogP contribution in [0.2, 0.25) is 0 Å². The molecule has 1 aliphatic carbocycles. The number of H-pyrrole nitrogens is 1. The fourth-order valence-corrected chi connectivity index (χ4v) is 3.54. The summed E-state index contributed by atoms with van der Waals surface area (Å²) in [5.74, 6) is 2.62. The lowest BCUT2D eigenvalue weighted by atomic mass is 9.87. The Bertz CT molecular complexity index is 895. The normalized spacial score (nSPS) is 14.9. The number of aryl methyl sites for hydroxylation is 1. The van der Waals surface area contributed by atoms with Gasteiger partial charge in [-0.2, -0.15) is 10.1 Å². The first-order valence-electron chi connectivity index (χ1n) is 9.46. The lowest BCUT2D eigenvalue weighted by molar-refractivity contribution is 0.436. The molecule has 1 aromatic carbocycles. The molecule has 7 heteroatoms. The molecule has 140 valence electrons. The molecular weight excluding hydrogens is 338 g/mol. The Hall–Kier alpha value is -3.09. The van der Waals surface area contributed by atoms with E-state index >= 15 is 0 Å². The monoisotopic (exact) mass is 363 g/mol. The predicted molar refractivity (Wildman–Crippen MR) is 109 cm³/mol. The van der Waals surface area contributed by atoms with Gasteiger partial charge in [-0.15, -0.1) is 0 Å². The minimum absolute atomic E-state index is 0.533. The molecule has 0 unspecified atom stereocenters. The van der Waals surface area contributed by atoms with E-state index in [-0.39, 0.29) is 0 Å². The molecule has 1 fully saturated rings. The van der Waals surface area contributed by atoms with Gasteiger partial charge < -0.3 is 16.4 Å². The van der Waals surface area contributed by atoms with Crippen molar-refractivity contribution in [3.05, 3.63) is 47.8 Å². The number of nitrogens with one attached hydrogen (secondary N) is 3. The molecule has 1 saturated carbocycles. The van der Waals surface area contributed by atoms with Gasteiger partial charge in [0.15, 0.2) is 5.82 Å². The van der Waals surface area contributed by atoms with Gasteiger partial charge in [-0.3, -0.25) is 5.10 Å². The highest BCUT2D eigenvalue weighted by Gasteiger charge is 2.18. The molecule has 0 saturated heterocycles. The van der Waals surface area contributed by atoms with Crippen molar-refractivity contribution in [3.63, 3.8) is 0 Å². The SMILES string of the molecule is Cc1cc(Nc2cc(C3CCCCC3)[nH]n2)nc(Nc2ccc(N)cc2)n1. The van der Waals surface area contributed by atoms with Crippen LogP contribution in [0.3, 0.4) is 0 Å². The van der Waals surface area contributed by atoms with Crippen LogP contribution in [0, 0.1) is 6.92 Å². The summed E-state index contributed by atoms with van der Waals surface area (Å²) in [6, 6.07) is 11.5. The molecule has 1 aliphatic rings. The average Bonchev–Trinajstić information content (AvgIpc) is 3.12. The number of hydrogen-bond donors (Lipinski definition) is 4. The Morgan fingerprint density at radius 1 is 0.963 bits per heavy atom. The Kier molecular flexibility index (Phi) is 4.91. The van der Waals surface area contributed by atoms with Gasteiger partial charge in [-0.05, 0) is 44.0 Å². The topological polar surface area (TPSA) is 105 Å². The molecule has 2 aromatic heterocycles. The van der Waals surface area contributed by atoms with Gasteiger partial charge in [-0.25, -0.2) is 4.98 Å². The summed E-state index contributed by atoms with van der Waals surface area (Å²) in [5, 5.41) is 14.1. The summed E-state index contributed by atoms with van der Waals surface area (Å²) in [5.41, 5.74) is 9.42. The number of benzene rings is 1. The first-order valence-corrected chi connectivity index (χ1v) is 9.46. The van der Waals surface area contributed by atoms with E-state index in [1.54, 1.807) is 0 Å². The zero-order valence-electron chi connectivity index (χ0n) is 15.5. The van der Waals surface area contributed by atoms with Gasteiger partial charge in [0.1, 0.15) is 5.82 Å². The number of nitrogens with zero attached hydrogens (tertiary/aromatic N) is 3. The van der Waals surface area contributed by atoms with Crippen molar-refractivity contribution in [1.82, 2.24) is 20.2 Å². The minimum atomic E-state index is 0.533. The van der Waals surface area contributed by atoms with Crippen molar-refractivity contribution in [3.8, 4) is 0 Å².